The summed E-state index contributed by atoms with van der Waals surface area (Å²) in [7, 11) is 1.64. The molecule has 0 unspecified atom stereocenters. The van der Waals surface area contributed by atoms with Crippen molar-refractivity contribution >= 4 is 45.4 Å². The van der Waals surface area contributed by atoms with E-state index in [0.717, 1.165) is 16.7 Å². The van der Waals surface area contributed by atoms with Gasteiger partial charge in [0, 0.05) is 18.2 Å². The summed E-state index contributed by atoms with van der Waals surface area (Å²) in [6.07, 6.45) is 1.63. The van der Waals surface area contributed by atoms with Gasteiger partial charge in [-0.1, -0.05) is 43.8 Å². The lowest BCUT2D eigenvalue weighted by atomic mass is 10.0. The van der Waals surface area contributed by atoms with Crippen molar-refractivity contribution in [2.75, 3.05) is 7.05 Å². The molecule has 0 spiro atoms. The number of hydrazone groups is 1. The lowest BCUT2D eigenvalue weighted by Crippen LogP contribution is -2.29. The van der Waals surface area contributed by atoms with E-state index in [9.17, 15) is 0 Å². The number of halogens is 2. The zero-order valence-corrected chi connectivity index (χ0v) is 19.0. The highest BCUT2D eigenvalue weighted by atomic mass is 35.9. The molecule has 0 aromatic heterocycles. The highest BCUT2D eigenvalue weighted by Gasteiger charge is 2.24. The molecule has 5 nitrogen and oxygen atoms in total. The Kier molecular flexibility index (Phi) is 7.50. The van der Waals surface area contributed by atoms with Gasteiger partial charge in [0.05, 0.1) is 6.21 Å². The second-order valence-electron chi connectivity index (χ2n) is 6.37. The molecule has 0 saturated heterocycles. The second kappa shape index (κ2) is 9.92. The minimum absolute atomic E-state index is 0. The molecule has 9 heteroatoms. The number of fused-ring (bicyclic) bond motifs is 3. The molecule has 0 amide bonds. The van der Waals surface area contributed by atoms with Gasteiger partial charge >= 0.3 is 6.48 Å². The van der Waals surface area contributed by atoms with Gasteiger partial charge < -0.3 is 14.2 Å². The van der Waals surface area contributed by atoms with Gasteiger partial charge in [0.2, 0.25) is 4.89 Å². The maximum atomic E-state index is 5.98. The number of para-hydroxylation sites is 2. The highest BCUT2D eigenvalue weighted by Crippen LogP contribution is 2.59. The summed E-state index contributed by atoms with van der Waals surface area (Å²) in [4.78, 5) is -2.63. The minimum atomic E-state index is -2.63. The predicted molar refractivity (Wildman–Crippen MR) is 132 cm³/mol. The molecular weight excluding hydrogens is 474 g/mol. The van der Waals surface area contributed by atoms with E-state index in [1.807, 2.05) is 60.7 Å². The Bertz CT molecular complexity index is 1070. The first-order chi connectivity index (χ1) is 14.4. The van der Waals surface area contributed by atoms with Crippen molar-refractivity contribution in [3.63, 3.8) is 0 Å². The van der Waals surface area contributed by atoms with E-state index in [1.54, 1.807) is 25.4 Å². The van der Waals surface area contributed by atoms with Crippen LogP contribution in [-0.2, 0) is 11.8 Å². The Hall–Kier alpha value is -2.24. The first kappa shape index (κ1) is 23.4. The van der Waals surface area contributed by atoms with Gasteiger partial charge in [0.1, 0.15) is 17.2 Å². The Morgan fingerprint density at radius 2 is 1.45 bits per heavy atom. The average Bonchev–Trinajstić information content (AvgIpc) is 2.88. The molecule has 3 aromatic carbocycles. The molecule has 1 aliphatic rings. The van der Waals surface area contributed by atoms with Crippen LogP contribution in [0.3, 0.4) is 0 Å². The standard InChI is InChI=1S/C21H17Cl2N2O3PS.CH4/c1-25(29(22,23)30)24-14-15-10-12-16(13-11-15)26-21-27-19-8-4-2-6-17(19)18-7-3-5-9-20(18)28-21;/h2-14,21H,1H3;1H4/b24-14+;. The van der Waals surface area contributed by atoms with E-state index >= 15 is 0 Å². The molecule has 0 fully saturated rings. The molecule has 0 bridgehead atoms. The summed E-state index contributed by atoms with van der Waals surface area (Å²) in [5.41, 5.74) is 2.74. The third kappa shape index (κ3) is 5.72. The van der Waals surface area contributed by atoms with E-state index in [2.05, 4.69) is 5.10 Å². The van der Waals surface area contributed by atoms with Crippen LogP contribution in [0, 0.1) is 0 Å². The van der Waals surface area contributed by atoms with Crippen molar-refractivity contribution < 1.29 is 14.2 Å². The summed E-state index contributed by atoms with van der Waals surface area (Å²) in [5, 5.41) is 4.17. The predicted octanol–water partition coefficient (Wildman–Crippen LogP) is 7.09. The van der Waals surface area contributed by atoms with Crippen LogP contribution >= 0.6 is 27.4 Å². The molecule has 0 radical (unpaired) electrons. The summed E-state index contributed by atoms with van der Waals surface area (Å²) in [5.74, 6) is 1.97. The van der Waals surface area contributed by atoms with Gasteiger partial charge in [0.15, 0.2) is 0 Å². The van der Waals surface area contributed by atoms with Crippen molar-refractivity contribution in [2.45, 2.75) is 13.9 Å². The maximum absolute atomic E-state index is 5.98. The van der Waals surface area contributed by atoms with Gasteiger partial charge in [-0.25, -0.2) is 4.78 Å². The van der Waals surface area contributed by atoms with Crippen LogP contribution in [-0.4, -0.2) is 24.5 Å². The Morgan fingerprint density at radius 1 is 0.935 bits per heavy atom. The fraction of sp³-hybridized carbons (Fsp3) is 0.136. The molecule has 1 heterocycles. The van der Waals surface area contributed by atoms with E-state index in [-0.39, 0.29) is 7.43 Å². The number of ether oxygens (including phenoxy) is 3. The maximum Gasteiger partial charge on any atom is 0.406 e. The summed E-state index contributed by atoms with van der Waals surface area (Å²) >= 11 is 16.9. The fourth-order valence-corrected chi connectivity index (χ4v) is 3.35. The number of hydrogen-bond donors (Lipinski definition) is 0. The number of benzene rings is 3. The van der Waals surface area contributed by atoms with Crippen LogP contribution in [0.15, 0.2) is 77.9 Å². The molecule has 162 valence electrons. The normalized spacial score (nSPS) is 13.1. The van der Waals surface area contributed by atoms with E-state index < -0.39 is 11.4 Å². The van der Waals surface area contributed by atoms with Crippen molar-refractivity contribution in [2.24, 2.45) is 5.10 Å². The van der Waals surface area contributed by atoms with Crippen molar-refractivity contribution in [1.29, 1.82) is 0 Å². The third-order valence-corrected chi connectivity index (χ3v) is 7.13. The van der Waals surface area contributed by atoms with Gasteiger partial charge in [-0.3, -0.25) is 0 Å². The van der Waals surface area contributed by atoms with Crippen molar-refractivity contribution in [3.05, 3.63) is 78.4 Å². The van der Waals surface area contributed by atoms with Crippen molar-refractivity contribution in [1.82, 2.24) is 4.78 Å². The van der Waals surface area contributed by atoms with Gasteiger partial charge in [-0.2, -0.15) is 5.10 Å². The first-order valence-corrected chi connectivity index (χ1v) is 13.5. The van der Waals surface area contributed by atoms with Crippen LogP contribution < -0.4 is 14.2 Å². The molecule has 4 rings (SSSR count). The molecular formula is C22H21Cl2N2O3PS. The Balaban J connectivity index is 0.00000272. The van der Waals surface area contributed by atoms with Gasteiger partial charge in [-0.05, 0) is 76.3 Å². The fourth-order valence-electron chi connectivity index (χ4n) is 2.82. The topological polar surface area (TPSA) is 43.3 Å². The van der Waals surface area contributed by atoms with Crippen LogP contribution in [0.25, 0.3) is 11.1 Å². The molecule has 0 saturated carbocycles. The highest BCUT2D eigenvalue weighted by molar-refractivity contribution is 8.37. The molecule has 31 heavy (non-hydrogen) atoms. The smallest absolute Gasteiger partial charge is 0.406 e. The van der Waals surface area contributed by atoms with Gasteiger partial charge in [-0.15, -0.1) is 0 Å². The van der Waals surface area contributed by atoms with Crippen LogP contribution in [0.4, 0.5) is 0 Å². The quantitative estimate of drug-likeness (QED) is 0.215. The Morgan fingerprint density at radius 3 is 1.97 bits per heavy atom. The van der Waals surface area contributed by atoms with E-state index in [4.69, 9.17) is 48.5 Å². The SMILES string of the molecule is C.CN(/N=C/c1ccc(OC2Oc3ccccc3-c3ccccc3O2)cc1)P(=S)(Cl)Cl. The zero-order valence-electron chi connectivity index (χ0n) is 15.8. The lowest BCUT2D eigenvalue weighted by molar-refractivity contribution is -0.138. The second-order valence-corrected chi connectivity index (χ2v) is 14.1. The average molecular weight is 495 g/mol. The van der Waals surface area contributed by atoms with E-state index in [0.29, 0.717) is 17.2 Å². The zero-order chi connectivity index (χ0) is 21.1. The molecule has 1 aliphatic heterocycles. The summed E-state index contributed by atoms with van der Waals surface area (Å²) < 4.78 is 19.3. The molecule has 0 aliphatic carbocycles. The van der Waals surface area contributed by atoms with Crippen LogP contribution in [0.1, 0.15) is 13.0 Å². The van der Waals surface area contributed by atoms with E-state index in [1.165, 1.54) is 4.78 Å². The third-order valence-electron chi connectivity index (χ3n) is 4.33. The van der Waals surface area contributed by atoms with Gasteiger partial charge in [0.25, 0.3) is 0 Å². The minimum Gasteiger partial charge on any atom is -0.423 e. The lowest BCUT2D eigenvalue weighted by Gasteiger charge is -2.19. The number of nitrogens with zero attached hydrogens (tertiary/aromatic N) is 2. The number of hydrogen-bond acceptors (Lipinski definition) is 5. The van der Waals surface area contributed by atoms with Crippen LogP contribution in [0.2, 0.25) is 0 Å². The first-order valence-electron chi connectivity index (χ1n) is 8.96. The largest absolute Gasteiger partial charge is 0.423 e. The molecule has 0 N–H and O–H groups in total. The number of rotatable bonds is 5. The summed E-state index contributed by atoms with van der Waals surface area (Å²) in [6, 6.07) is 22.8. The summed E-state index contributed by atoms with van der Waals surface area (Å²) in [6.45, 7) is -0.932. The van der Waals surface area contributed by atoms with Crippen molar-refractivity contribution in [3.8, 4) is 28.4 Å². The molecule has 3 aromatic rings. The Labute approximate surface area is 196 Å². The molecule has 0 atom stereocenters. The monoisotopic (exact) mass is 494 g/mol. The van der Waals surface area contributed by atoms with Crippen LogP contribution in [0.5, 0.6) is 17.2 Å².